The van der Waals surface area contributed by atoms with Gasteiger partial charge >= 0.3 is 0 Å². The molecule has 3 rings (SSSR count). The Hall–Kier alpha value is -2.74. The first-order valence-corrected chi connectivity index (χ1v) is 7.56. The summed E-state index contributed by atoms with van der Waals surface area (Å²) in [6, 6.07) is 9.07. The van der Waals surface area contributed by atoms with Crippen LogP contribution in [0, 0.1) is 11.3 Å². The van der Waals surface area contributed by atoms with E-state index in [1.807, 2.05) is 31.5 Å². The third-order valence-corrected chi connectivity index (χ3v) is 4.18. The number of carbonyl (C=O) groups is 1. The van der Waals surface area contributed by atoms with Crippen LogP contribution in [-0.4, -0.2) is 15.6 Å². The largest absolute Gasteiger partial charge is 0.508 e. The van der Waals surface area contributed by atoms with Crippen molar-refractivity contribution in [3.8, 4) is 11.8 Å². The molecule has 0 unspecified atom stereocenters. The summed E-state index contributed by atoms with van der Waals surface area (Å²) in [6.45, 7) is 6.10. The first-order chi connectivity index (χ1) is 10.8. The minimum Gasteiger partial charge on any atom is -0.508 e. The second kappa shape index (κ2) is 5.17. The normalized spacial score (nSPS) is 17.3. The molecule has 2 heterocycles. The number of nitrogens with zero attached hydrogens (tertiary/aromatic N) is 2. The van der Waals surface area contributed by atoms with Crippen molar-refractivity contribution in [1.82, 2.24) is 4.57 Å². The molecule has 118 valence electrons. The molecule has 1 aromatic carbocycles. The van der Waals surface area contributed by atoms with E-state index in [2.05, 4.69) is 11.4 Å². The maximum atomic E-state index is 12.2. The maximum Gasteiger partial charge on any atom is 0.226 e. The molecule has 0 spiro atoms. The number of aromatic nitrogens is 1. The van der Waals surface area contributed by atoms with Crippen LogP contribution in [0.5, 0.6) is 5.75 Å². The highest BCUT2D eigenvalue weighted by Crippen LogP contribution is 2.42. The van der Waals surface area contributed by atoms with Crippen molar-refractivity contribution in [2.75, 3.05) is 5.32 Å². The molecule has 5 nitrogen and oxygen atoms in total. The molecule has 1 amide bonds. The van der Waals surface area contributed by atoms with Gasteiger partial charge in [-0.1, -0.05) is 12.1 Å². The fourth-order valence-electron chi connectivity index (χ4n) is 3.08. The highest BCUT2D eigenvalue weighted by Gasteiger charge is 2.34. The number of nitriles is 1. The van der Waals surface area contributed by atoms with Crippen LogP contribution < -0.4 is 5.32 Å². The van der Waals surface area contributed by atoms with Crippen molar-refractivity contribution in [2.45, 2.75) is 38.6 Å². The second-order valence-electron chi connectivity index (χ2n) is 6.85. The summed E-state index contributed by atoms with van der Waals surface area (Å²) in [5, 5.41) is 21.9. The number of nitrogens with one attached hydrogen (secondary N) is 1. The average molecular weight is 309 g/mol. The molecule has 23 heavy (non-hydrogen) atoms. The number of amides is 1. The van der Waals surface area contributed by atoms with Gasteiger partial charge in [-0.05, 0) is 38.5 Å². The molecule has 1 aliphatic rings. The van der Waals surface area contributed by atoms with E-state index in [1.165, 1.54) is 0 Å². The van der Waals surface area contributed by atoms with Crippen LogP contribution in [0.3, 0.4) is 0 Å². The van der Waals surface area contributed by atoms with Crippen molar-refractivity contribution in [3.63, 3.8) is 0 Å². The van der Waals surface area contributed by atoms with Crippen LogP contribution in [0.4, 0.5) is 5.82 Å². The van der Waals surface area contributed by atoms with Gasteiger partial charge in [0.05, 0.1) is 5.56 Å². The molecule has 1 aliphatic heterocycles. The zero-order chi connectivity index (χ0) is 16.8. The predicted octanol–water partition coefficient (Wildman–Crippen LogP) is 3.29. The Kier molecular flexibility index (Phi) is 3.41. The van der Waals surface area contributed by atoms with Crippen LogP contribution in [0.2, 0.25) is 0 Å². The van der Waals surface area contributed by atoms with E-state index < -0.39 is 0 Å². The number of aromatic hydroxyl groups is 1. The number of carbonyl (C=O) groups excluding carboxylic acids is 1. The quantitative estimate of drug-likeness (QED) is 0.848. The summed E-state index contributed by atoms with van der Waals surface area (Å²) >= 11 is 0. The summed E-state index contributed by atoms with van der Waals surface area (Å²) in [5.41, 5.74) is 2.10. The van der Waals surface area contributed by atoms with Gasteiger partial charge in [0.15, 0.2) is 0 Å². The average Bonchev–Trinajstić information content (AvgIpc) is 2.85. The van der Waals surface area contributed by atoms with Gasteiger partial charge in [-0.2, -0.15) is 5.26 Å². The topological polar surface area (TPSA) is 78.0 Å². The van der Waals surface area contributed by atoms with Crippen LogP contribution >= 0.6 is 0 Å². The second-order valence-corrected chi connectivity index (χ2v) is 6.85. The Bertz CT molecular complexity index is 805. The van der Waals surface area contributed by atoms with E-state index in [-0.39, 0.29) is 23.1 Å². The van der Waals surface area contributed by atoms with Crippen molar-refractivity contribution >= 4 is 11.7 Å². The molecule has 5 heteroatoms. The minimum atomic E-state index is -0.247. The van der Waals surface area contributed by atoms with Crippen molar-refractivity contribution in [2.24, 2.45) is 0 Å². The van der Waals surface area contributed by atoms with Crippen LogP contribution in [0.25, 0.3) is 0 Å². The zero-order valence-corrected chi connectivity index (χ0v) is 13.4. The summed E-state index contributed by atoms with van der Waals surface area (Å²) in [4.78, 5) is 12.2. The molecule has 1 aromatic heterocycles. The van der Waals surface area contributed by atoms with E-state index in [0.29, 0.717) is 17.8 Å². The monoisotopic (exact) mass is 309 g/mol. The summed E-state index contributed by atoms with van der Waals surface area (Å²) in [7, 11) is 0. The smallest absolute Gasteiger partial charge is 0.226 e. The lowest BCUT2D eigenvalue weighted by molar-refractivity contribution is -0.116. The molecule has 2 N–H and O–H groups in total. The number of hydrogen-bond donors (Lipinski definition) is 2. The standard InChI is InChI=1S/C18H19N3O2/c1-18(2,3)21-10-12(9-19)16-14(8-15(23)20-17(16)21)11-4-6-13(22)7-5-11/h4-7,10,14,22H,8H2,1-3H3,(H,20,23)/t14-/m1/s1. The van der Waals surface area contributed by atoms with E-state index in [9.17, 15) is 15.2 Å². The van der Waals surface area contributed by atoms with Gasteiger partial charge in [0.2, 0.25) is 5.91 Å². The number of hydrogen-bond acceptors (Lipinski definition) is 3. The fourth-order valence-corrected chi connectivity index (χ4v) is 3.08. The van der Waals surface area contributed by atoms with Crippen molar-refractivity contribution in [1.29, 1.82) is 5.26 Å². The van der Waals surface area contributed by atoms with E-state index in [4.69, 9.17) is 0 Å². The Balaban J connectivity index is 2.21. The summed E-state index contributed by atoms with van der Waals surface area (Å²) < 4.78 is 1.95. The molecular formula is C18H19N3O2. The lowest BCUT2D eigenvalue weighted by Gasteiger charge is -2.29. The van der Waals surface area contributed by atoms with Crippen LogP contribution in [0.15, 0.2) is 30.5 Å². The summed E-state index contributed by atoms with van der Waals surface area (Å²) in [6.07, 6.45) is 2.10. The highest BCUT2D eigenvalue weighted by atomic mass is 16.3. The zero-order valence-electron chi connectivity index (χ0n) is 13.4. The lowest BCUT2D eigenvalue weighted by Crippen LogP contribution is -2.29. The number of fused-ring (bicyclic) bond motifs is 1. The van der Waals surface area contributed by atoms with Crippen LogP contribution in [-0.2, 0) is 10.3 Å². The van der Waals surface area contributed by atoms with Gasteiger partial charge in [-0.3, -0.25) is 4.79 Å². The number of benzene rings is 1. The molecule has 0 radical (unpaired) electrons. The third kappa shape index (κ3) is 2.57. The molecule has 0 bridgehead atoms. The summed E-state index contributed by atoms with van der Waals surface area (Å²) in [5.74, 6) is 0.631. The molecule has 0 aliphatic carbocycles. The van der Waals surface area contributed by atoms with Gasteiger partial charge in [0, 0.05) is 29.6 Å². The van der Waals surface area contributed by atoms with E-state index in [1.54, 1.807) is 24.3 Å². The van der Waals surface area contributed by atoms with E-state index in [0.717, 1.165) is 11.1 Å². The van der Waals surface area contributed by atoms with Crippen LogP contribution in [0.1, 0.15) is 49.8 Å². The van der Waals surface area contributed by atoms with Gasteiger partial charge in [-0.15, -0.1) is 0 Å². The van der Waals surface area contributed by atoms with Gasteiger partial charge in [0.1, 0.15) is 17.6 Å². The van der Waals surface area contributed by atoms with E-state index >= 15 is 0 Å². The highest BCUT2D eigenvalue weighted by molar-refractivity contribution is 5.95. The molecule has 0 saturated carbocycles. The Morgan fingerprint density at radius 3 is 2.52 bits per heavy atom. The third-order valence-electron chi connectivity index (χ3n) is 4.18. The Morgan fingerprint density at radius 2 is 1.96 bits per heavy atom. The molecule has 1 atom stereocenters. The molecular weight excluding hydrogens is 290 g/mol. The first kappa shape index (κ1) is 15.2. The Morgan fingerprint density at radius 1 is 1.30 bits per heavy atom. The first-order valence-electron chi connectivity index (χ1n) is 7.56. The lowest BCUT2D eigenvalue weighted by atomic mass is 9.85. The minimum absolute atomic E-state index is 0.0661. The van der Waals surface area contributed by atoms with Gasteiger partial charge in [-0.25, -0.2) is 0 Å². The number of phenols is 1. The maximum absolute atomic E-state index is 12.2. The van der Waals surface area contributed by atoms with Gasteiger partial charge in [0.25, 0.3) is 0 Å². The molecule has 0 saturated heterocycles. The SMILES string of the molecule is CC(C)(C)n1cc(C#N)c2c1NC(=O)C[C@@H]2c1ccc(O)cc1. The van der Waals surface area contributed by atoms with Crippen molar-refractivity contribution in [3.05, 3.63) is 47.2 Å². The number of rotatable bonds is 1. The number of phenolic OH excluding ortho intramolecular Hbond substituents is 1. The molecule has 0 fully saturated rings. The van der Waals surface area contributed by atoms with Crippen molar-refractivity contribution < 1.29 is 9.90 Å². The molecule has 2 aromatic rings. The Labute approximate surface area is 135 Å². The fraction of sp³-hybridized carbons (Fsp3) is 0.333. The van der Waals surface area contributed by atoms with Gasteiger partial charge < -0.3 is 15.0 Å². The number of anilines is 1. The predicted molar refractivity (Wildman–Crippen MR) is 87.3 cm³/mol.